The van der Waals surface area contributed by atoms with E-state index in [1.807, 2.05) is 119 Å². The van der Waals surface area contributed by atoms with Crippen LogP contribution in [0.15, 0.2) is 120 Å². The number of hydrogen-bond acceptors (Lipinski definition) is 11. The Hall–Kier alpha value is -4.98. The smallest absolute Gasteiger partial charge is 0.210 e. The second kappa shape index (κ2) is 16.6. The summed E-state index contributed by atoms with van der Waals surface area (Å²) in [7, 11) is 0. The molecule has 6 aromatic rings. The Bertz CT molecular complexity index is 1830. The highest BCUT2D eigenvalue weighted by Gasteiger charge is 2.18. The van der Waals surface area contributed by atoms with Gasteiger partial charge in [0.2, 0.25) is 10.3 Å². The van der Waals surface area contributed by atoms with Crippen LogP contribution in [0.2, 0.25) is 0 Å². The van der Waals surface area contributed by atoms with E-state index < -0.39 is 6.10 Å². The van der Waals surface area contributed by atoms with Crippen molar-refractivity contribution in [2.45, 2.75) is 42.3 Å². The maximum absolute atomic E-state index is 10.9. The third-order valence-corrected chi connectivity index (χ3v) is 10.0. The first-order valence-electron chi connectivity index (χ1n) is 16.6. The van der Waals surface area contributed by atoms with Gasteiger partial charge in [0.05, 0.1) is 13.1 Å². The highest BCUT2D eigenvalue weighted by Crippen LogP contribution is 2.28. The van der Waals surface area contributed by atoms with Crippen LogP contribution in [0.25, 0.3) is 22.8 Å². The summed E-state index contributed by atoms with van der Waals surface area (Å²) in [5.41, 5.74) is 10.9. The zero-order valence-electron chi connectivity index (χ0n) is 27.4. The lowest BCUT2D eigenvalue weighted by Crippen LogP contribution is -2.26. The van der Waals surface area contributed by atoms with Crippen LogP contribution in [0, 0.1) is 0 Å². The molecule has 7 rings (SSSR count). The molecule has 0 bridgehead atoms. The number of benzene rings is 4. The SMILES string of the molecule is OC1COc2ccccc2CNn2c(nnc2-c2ccccc2)SCCCCSc2nnc(-c3ccccc3)n2NCc2ccccc2OC1. The van der Waals surface area contributed by atoms with Crippen LogP contribution in [0.1, 0.15) is 24.0 Å². The second-order valence-electron chi connectivity index (χ2n) is 11.6. The molecule has 13 heteroatoms. The van der Waals surface area contributed by atoms with Gasteiger partial charge in [0, 0.05) is 33.8 Å². The monoisotopic (exact) mass is 706 g/mol. The molecule has 0 atom stereocenters. The molecule has 0 saturated heterocycles. The first-order valence-corrected chi connectivity index (χ1v) is 18.5. The van der Waals surface area contributed by atoms with Crippen molar-refractivity contribution in [1.82, 2.24) is 29.7 Å². The highest BCUT2D eigenvalue weighted by atomic mass is 32.2. The van der Waals surface area contributed by atoms with Crippen molar-refractivity contribution in [2.24, 2.45) is 0 Å². The summed E-state index contributed by atoms with van der Waals surface area (Å²) in [5.74, 6) is 4.60. The summed E-state index contributed by atoms with van der Waals surface area (Å²) in [4.78, 5) is 0. The maximum atomic E-state index is 10.9. The number of nitrogens with one attached hydrogen (secondary N) is 2. The van der Waals surface area contributed by atoms with Crippen molar-refractivity contribution in [3.05, 3.63) is 120 Å². The molecule has 256 valence electrons. The molecule has 50 heavy (non-hydrogen) atoms. The van der Waals surface area contributed by atoms with Crippen LogP contribution in [0.4, 0.5) is 0 Å². The van der Waals surface area contributed by atoms with E-state index in [1.165, 1.54) is 0 Å². The van der Waals surface area contributed by atoms with Crippen molar-refractivity contribution in [2.75, 3.05) is 35.6 Å². The predicted octanol–water partition coefficient (Wildman–Crippen LogP) is 6.49. The molecular weight excluding hydrogens is 669 g/mol. The zero-order chi connectivity index (χ0) is 34.0. The van der Waals surface area contributed by atoms with E-state index >= 15 is 0 Å². The molecule has 0 radical (unpaired) electrons. The second-order valence-corrected chi connectivity index (χ2v) is 13.7. The van der Waals surface area contributed by atoms with Crippen molar-refractivity contribution < 1.29 is 14.6 Å². The lowest BCUT2D eigenvalue weighted by atomic mass is 10.2. The fourth-order valence-electron chi connectivity index (χ4n) is 5.42. The van der Waals surface area contributed by atoms with Gasteiger partial charge in [-0.25, -0.2) is 9.35 Å². The van der Waals surface area contributed by atoms with Crippen molar-refractivity contribution in [3.8, 4) is 34.3 Å². The molecule has 0 fully saturated rings. The number of thioether (sulfide) groups is 2. The number of aliphatic hydroxyl groups is 1. The van der Waals surface area contributed by atoms with Gasteiger partial charge in [-0.3, -0.25) is 0 Å². The predicted molar refractivity (Wildman–Crippen MR) is 198 cm³/mol. The molecule has 1 aliphatic rings. The van der Waals surface area contributed by atoms with Gasteiger partial charge in [-0.2, -0.15) is 0 Å². The van der Waals surface area contributed by atoms with E-state index in [0.717, 1.165) is 68.6 Å². The number of aromatic nitrogens is 6. The van der Waals surface area contributed by atoms with Crippen molar-refractivity contribution >= 4 is 23.5 Å². The minimum Gasteiger partial charge on any atom is -0.490 e. The normalized spacial score (nSPS) is 15.1. The molecule has 0 saturated carbocycles. The fraction of sp³-hybridized carbons (Fsp3) is 0.243. The van der Waals surface area contributed by atoms with Crippen LogP contribution in [-0.2, 0) is 13.1 Å². The van der Waals surface area contributed by atoms with E-state index in [4.69, 9.17) is 9.47 Å². The molecule has 0 unspecified atom stereocenters. The molecule has 0 amide bonds. The van der Waals surface area contributed by atoms with Gasteiger partial charge >= 0.3 is 0 Å². The van der Waals surface area contributed by atoms with Gasteiger partial charge in [-0.05, 0) is 25.0 Å². The Balaban J connectivity index is 1.14. The summed E-state index contributed by atoms with van der Waals surface area (Å²) >= 11 is 3.35. The van der Waals surface area contributed by atoms with Crippen LogP contribution in [0.5, 0.6) is 11.5 Å². The number of rotatable bonds is 2. The molecule has 3 heterocycles. The highest BCUT2D eigenvalue weighted by molar-refractivity contribution is 7.99. The summed E-state index contributed by atoms with van der Waals surface area (Å²) in [6, 6.07) is 35.7. The van der Waals surface area contributed by atoms with E-state index in [9.17, 15) is 5.11 Å². The van der Waals surface area contributed by atoms with Crippen LogP contribution in [0.3, 0.4) is 0 Å². The van der Waals surface area contributed by atoms with Crippen molar-refractivity contribution in [3.63, 3.8) is 0 Å². The van der Waals surface area contributed by atoms with Crippen LogP contribution >= 0.6 is 23.5 Å². The quantitative estimate of drug-likeness (QED) is 0.183. The topological polar surface area (TPSA) is 124 Å². The molecule has 4 aromatic carbocycles. The molecular formula is C37H38N8O3S2. The standard InChI is InChI=1S/C37H38N8O3S2/c46-31-25-47-32-19-9-7-17-29(32)23-38-44-34(27-13-3-1-4-14-27)40-42-36(44)49-21-11-12-22-50-37-43-41-35(28-15-5-2-6-16-28)45(37)39-24-30-18-8-10-20-33(30)48-26-31/h1-10,13-20,31,38-39,46H,11-12,21-26H2. The average molecular weight is 707 g/mol. The number of para-hydroxylation sites is 2. The lowest BCUT2D eigenvalue weighted by molar-refractivity contribution is 0.0620. The minimum atomic E-state index is -0.852. The van der Waals surface area contributed by atoms with Crippen molar-refractivity contribution in [1.29, 1.82) is 0 Å². The molecule has 0 spiro atoms. The summed E-state index contributed by atoms with van der Waals surface area (Å²) in [6.07, 6.45) is 1.12. The minimum absolute atomic E-state index is 0.0716. The van der Waals surface area contributed by atoms with E-state index in [-0.39, 0.29) is 13.2 Å². The van der Waals surface area contributed by atoms with Gasteiger partial charge in [0.15, 0.2) is 11.6 Å². The first kappa shape index (κ1) is 33.5. The van der Waals surface area contributed by atoms with E-state index in [0.29, 0.717) is 24.6 Å². The number of hydrogen-bond donors (Lipinski definition) is 3. The number of nitrogens with zero attached hydrogens (tertiary/aromatic N) is 6. The Morgan fingerprint density at radius 1 is 0.560 bits per heavy atom. The number of ether oxygens (including phenoxy) is 2. The Kier molecular flexibility index (Phi) is 11.1. The summed E-state index contributed by atoms with van der Waals surface area (Å²) < 4.78 is 16.2. The average Bonchev–Trinajstić information content (AvgIpc) is 3.77. The largest absolute Gasteiger partial charge is 0.490 e. The van der Waals surface area contributed by atoms with E-state index in [2.05, 4.69) is 31.2 Å². The third kappa shape index (κ3) is 8.24. The Labute approximate surface area is 299 Å². The zero-order valence-corrected chi connectivity index (χ0v) is 29.0. The van der Waals surface area contributed by atoms with Crippen LogP contribution < -0.4 is 20.3 Å². The summed E-state index contributed by atoms with van der Waals surface area (Å²) in [6.45, 7) is 1.08. The van der Waals surface area contributed by atoms with E-state index in [1.54, 1.807) is 23.5 Å². The van der Waals surface area contributed by atoms with Gasteiger partial charge in [0.1, 0.15) is 30.8 Å². The summed E-state index contributed by atoms with van der Waals surface area (Å²) in [5, 5.41) is 30.7. The number of aliphatic hydroxyl groups excluding tert-OH is 1. The van der Waals surface area contributed by atoms with Crippen LogP contribution in [-0.4, -0.2) is 65.7 Å². The molecule has 11 nitrogen and oxygen atoms in total. The Morgan fingerprint density at radius 3 is 1.44 bits per heavy atom. The Morgan fingerprint density at radius 2 is 0.980 bits per heavy atom. The fourth-order valence-corrected chi connectivity index (χ4v) is 7.24. The van der Waals surface area contributed by atoms with Gasteiger partial charge in [-0.1, -0.05) is 121 Å². The third-order valence-electron chi connectivity index (χ3n) is 7.99. The molecule has 0 aliphatic carbocycles. The van der Waals surface area contributed by atoms with Gasteiger partial charge < -0.3 is 25.4 Å². The maximum Gasteiger partial charge on any atom is 0.210 e. The molecule has 2 aromatic heterocycles. The van der Waals surface area contributed by atoms with Gasteiger partial charge in [-0.15, -0.1) is 20.4 Å². The lowest BCUT2D eigenvalue weighted by Gasteiger charge is -2.18. The number of fused-ring (bicyclic) bond motifs is 4. The molecule has 3 N–H and O–H groups in total. The first-order chi connectivity index (χ1) is 24.7. The van der Waals surface area contributed by atoms with Gasteiger partial charge in [0.25, 0.3) is 0 Å². The molecule has 1 aliphatic heterocycles.